The molecule has 1 heterocycles. The van der Waals surface area contributed by atoms with E-state index in [0.29, 0.717) is 12.0 Å². The Labute approximate surface area is 81.7 Å². The molecular formula is C9H13FN4. The second-order valence-corrected chi connectivity index (χ2v) is 3.58. The number of rotatable bonds is 3. The molecule has 0 amide bonds. The van der Waals surface area contributed by atoms with Crippen molar-refractivity contribution in [3.63, 3.8) is 0 Å². The van der Waals surface area contributed by atoms with Crippen molar-refractivity contribution >= 4 is 11.8 Å². The second-order valence-electron chi connectivity index (χ2n) is 3.58. The first-order valence-corrected chi connectivity index (χ1v) is 4.75. The number of nitrogen functional groups attached to an aromatic ring is 1. The Balaban J connectivity index is 2.06. The molecule has 2 rings (SSSR count). The standard InChI is InChI=1S/C9H13FN4/c1-2-5-3-7(5)13-8-6(10)4-12-9(11)14-8/h4-5,7H,2-3H2,1H3,(H3,11,12,13,14). The molecule has 1 aromatic rings. The van der Waals surface area contributed by atoms with Gasteiger partial charge in [0.25, 0.3) is 0 Å². The van der Waals surface area contributed by atoms with Gasteiger partial charge in [0.1, 0.15) is 0 Å². The normalized spacial score (nSPS) is 24.7. The fourth-order valence-corrected chi connectivity index (χ4v) is 1.53. The van der Waals surface area contributed by atoms with Crippen LogP contribution in [0.1, 0.15) is 19.8 Å². The predicted octanol–water partition coefficient (Wildman–Crippen LogP) is 1.41. The van der Waals surface area contributed by atoms with E-state index in [-0.39, 0.29) is 11.8 Å². The summed E-state index contributed by atoms with van der Waals surface area (Å²) in [7, 11) is 0. The molecule has 2 unspecified atom stereocenters. The quantitative estimate of drug-likeness (QED) is 0.767. The molecule has 1 aliphatic rings. The summed E-state index contributed by atoms with van der Waals surface area (Å²) in [6.45, 7) is 2.12. The third-order valence-corrected chi connectivity index (χ3v) is 2.53. The summed E-state index contributed by atoms with van der Waals surface area (Å²) in [6.07, 6.45) is 3.29. The van der Waals surface area contributed by atoms with Gasteiger partial charge in [0.2, 0.25) is 5.95 Å². The van der Waals surface area contributed by atoms with Gasteiger partial charge in [0.05, 0.1) is 6.20 Å². The van der Waals surface area contributed by atoms with Crippen LogP contribution in [0.5, 0.6) is 0 Å². The molecule has 76 valence electrons. The molecule has 0 radical (unpaired) electrons. The van der Waals surface area contributed by atoms with Gasteiger partial charge in [-0.05, 0) is 12.3 Å². The lowest BCUT2D eigenvalue weighted by molar-refractivity contribution is 0.616. The zero-order chi connectivity index (χ0) is 10.1. The number of aromatic nitrogens is 2. The maximum Gasteiger partial charge on any atom is 0.222 e. The lowest BCUT2D eigenvalue weighted by atomic mass is 10.3. The molecule has 4 nitrogen and oxygen atoms in total. The lowest BCUT2D eigenvalue weighted by Crippen LogP contribution is -2.09. The highest BCUT2D eigenvalue weighted by Gasteiger charge is 2.35. The molecule has 0 spiro atoms. The lowest BCUT2D eigenvalue weighted by Gasteiger charge is -2.05. The van der Waals surface area contributed by atoms with Gasteiger partial charge >= 0.3 is 0 Å². The van der Waals surface area contributed by atoms with E-state index in [1.165, 1.54) is 0 Å². The number of nitrogens with one attached hydrogen (secondary N) is 1. The van der Waals surface area contributed by atoms with Crippen LogP contribution >= 0.6 is 0 Å². The SMILES string of the molecule is CCC1CC1Nc1nc(N)ncc1F. The first-order chi connectivity index (χ1) is 6.70. The largest absolute Gasteiger partial charge is 0.368 e. The molecule has 1 aromatic heterocycles. The van der Waals surface area contributed by atoms with Crippen LogP contribution in [0.15, 0.2) is 6.20 Å². The highest BCUT2D eigenvalue weighted by Crippen LogP contribution is 2.36. The van der Waals surface area contributed by atoms with Crippen molar-refractivity contribution in [2.45, 2.75) is 25.8 Å². The zero-order valence-electron chi connectivity index (χ0n) is 8.00. The minimum Gasteiger partial charge on any atom is -0.368 e. The van der Waals surface area contributed by atoms with Crippen LogP contribution in [0, 0.1) is 11.7 Å². The first kappa shape index (κ1) is 9.18. The van der Waals surface area contributed by atoms with Crippen molar-refractivity contribution in [1.82, 2.24) is 9.97 Å². The van der Waals surface area contributed by atoms with Crippen molar-refractivity contribution in [3.8, 4) is 0 Å². The van der Waals surface area contributed by atoms with Crippen LogP contribution in [0.25, 0.3) is 0 Å². The van der Waals surface area contributed by atoms with Gasteiger partial charge in [0, 0.05) is 6.04 Å². The van der Waals surface area contributed by atoms with E-state index in [4.69, 9.17) is 5.73 Å². The Hall–Kier alpha value is -1.39. The van der Waals surface area contributed by atoms with Gasteiger partial charge in [-0.3, -0.25) is 0 Å². The minimum absolute atomic E-state index is 0.0996. The summed E-state index contributed by atoms with van der Waals surface area (Å²) in [6, 6.07) is 0.351. The van der Waals surface area contributed by atoms with E-state index in [1.807, 2.05) is 0 Å². The van der Waals surface area contributed by atoms with E-state index >= 15 is 0 Å². The van der Waals surface area contributed by atoms with Gasteiger partial charge in [-0.15, -0.1) is 0 Å². The summed E-state index contributed by atoms with van der Waals surface area (Å²) in [4.78, 5) is 7.36. The van der Waals surface area contributed by atoms with Gasteiger partial charge in [-0.25, -0.2) is 9.37 Å². The highest BCUT2D eigenvalue weighted by molar-refractivity contribution is 5.41. The number of anilines is 2. The molecular weight excluding hydrogens is 183 g/mol. The monoisotopic (exact) mass is 196 g/mol. The fraction of sp³-hybridized carbons (Fsp3) is 0.556. The Morgan fingerprint density at radius 1 is 1.71 bits per heavy atom. The van der Waals surface area contributed by atoms with Gasteiger partial charge < -0.3 is 11.1 Å². The van der Waals surface area contributed by atoms with Crippen LogP contribution in [0.4, 0.5) is 16.2 Å². The number of nitrogens with two attached hydrogens (primary N) is 1. The van der Waals surface area contributed by atoms with Crippen molar-refractivity contribution in [3.05, 3.63) is 12.0 Å². The van der Waals surface area contributed by atoms with E-state index < -0.39 is 5.82 Å². The van der Waals surface area contributed by atoms with Crippen LogP contribution < -0.4 is 11.1 Å². The summed E-state index contributed by atoms with van der Waals surface area (Å²) in [5.41, 5.74) is 5.36. The smallest absolute Gasteiger partial charge is 0.222 e. The van der Waals surface area contributed by atoms with Crippen LogP contribution in [-0.4, -0.2) is 16.0 Å². The fourth-order valence-electron chi connectivity index (χ4n) is 1.53. The summed E-state index contributed by atoms with van der Waals surface area (Å²) in [5, 5.41) is 3.02. The van der Waals surface area contributed by atoms with Gasteiger partial charge in [0.15, 0.2) is 11.6 Å². The molecule has 3 N–H and O–H groups in total. The van der Waals surface area contributed by atoms with Crippen molar-refractivity contribution < 1.29 is 4.39 Å². The predicted molar refractivity (Wildman–Crippen MR) is 52.2 cm³/mol. The number of hydrogen-bond acceptors (Lipinski definition) is 4. The average Bonchev–Trinajstić information content (AvgIpc) is 2.90. The second kappa shape index (κ2) is 3.40. The Morgan fingerprint density at radius 3 is 3.14 bits per heavy atom. The number of nitrogens with zero attached hydrogens (tertiary/aromatic N) is 2. The molecule has 1 aliphatic carbocycles. The molecule has 1 saturated carbocycles. The van der Waals surface area contributed by atoms with Crippen molar-refractivity contribution in [2.24, 2.45) is 5.92 Å². The van der Waals surface area contributed by atoms with E-state index in [1.54, 1.807) is 0 Å². The van der Waals surface area contributed by atoms with E-state index in [9.17, 15) is 4.39 Å². The molecule has 1 fully saturated rings. The topological polar surface area (TPSA) is 63.8 Å². The molecule has 0 saturated heterocycles. The summed E-state index contributed by atoms with van der Waals surface area (Å²) in [5.74, 6) is 0.521. The zero-order valence-corrected chi connectivity index (χ0v) is 8.00. The molecule has 5 heteroatoms. The Morgan fingerprint density at radius 2 is 2.50 bits per heavy atom. The Kier molecular flexibility index (Phi) is 2.23. The molecule has 14 heavy (non-hydrogen) atoms. The van der Waals surface area contributed by atoms with Gasteiger partial charge in [-0.2, -0.15) is 4.98 Å². The third-order valence-electron chi connectivity index (χ3n) is 2.53. The minimum atomic E-state index is -0.444. The summed E-state index contributed by atoms with van der Waals surface area (Å²) < 4.78 is 13.1. The molecule has 0 aromatic carbocycles. The van der Waals surface area contributed by atoms with Crippen LogP contribution in [-0.2, 0) is 0 Å². The third kappa shape index (κ3) is 1.76. The van der Waals surface area contributed by atoms with Crippen LogP contribution in [0.3, 0.4) is 0 Å². The average molecular weight is 196 g/mol. The van der Waals surface area contributed by atoms with Crippen LogP contribution in [0.2, 0.25) is 0 Å². The van der Waals surface area contributed by atoms with Gasteiger partial charge in [-0.1, -0.05) is 13.3 Å². The highest BCUT2D eigenvalue weighted by atomic mass is 19.1. The van der Waals surface area contributed by atoms with E-state index in [0.717, 1.165) is 19.0 Å². The molecule has 0 aliphatic heterocycles. The maximum atomic E-state index is 13.1. The van der Waals surface area contributed by atoms with Crippen molar-refractivity contribution in [1.29, 1.82) is 0 Å². The number of halogens is 1. The molecule has 2 atom stereocenters. The maximum absolute atomic E-state index is 13.1. The Bertz CT molecular complexity index is 342. The summed E-state index contributed by atoms with van der Waals surface area (Å²) >= 11 is 0. The molecule has 0 bridgehead atoms. The first-order valence-electron chi connectivity index (χ1n) is 4.75. The number of hydrogen-bond donors (Lipinski definition) is 2. The van der Waals surface area contributed by atoms with E-state index in [2.05, 4.69) is 22.2 Å². The van der Waals surface area contributed by atoms with Crippen molar-refractivity contribution in [2.75, 3.05) is 11.1 Å².